The van der Waals surface area contributed by atoms with Gasteiger partial charge in [-0.3, -0.25) is 4.79 Å². The van der Waals surface area contributed by atoms with Crippen molar-refractivity contribution in [3.05, 3.63) is 35.9 Å². The number of ether oxygens (including phenoxy) is 1. The van der Waals surface area contributed by atoms with Gasteiger partial charge in [-0.05, 0) is 38.2 Å². The Hall–Kier alpha value is -0.870. The van der Waals surface area contributed by atoms with Gasteiger partial charge in [0.1, 0.15) is 13.2 Å². The van der Waals surface area contributed by atoms with Gasteiger partial charge in [0.05, 0.1) is 26.1 Å². The Balaban J connectivity index is 0.00000312. The van der Waals surface area contributed by atoms with E-state index in [9.17, 15) is 4.79 Å². The van der Waals surface area contributed by atoms with E-state index in [1.54, 1.807) is 0 Å². The van der Waals surface area contributed by atoms with E-state index in [0.717, 1.165) is 42.5 Å². The Morgan fingerprint density at radius 3 is 2.28 bits per heavy atom. The summed E-state index contributed by atoms with van der Waals surface area (Å²) >= 11 is 0. The molecule has 0 aromatic heterocycles. The van der Waals surface area contributed by atoms with Crippen LogP contribution in [0.2, 0.25) is 0 Å². The van der Waals surface area contributed by atoms with E-state index >= 15 is 0 Å². The molecule has 1 aliphatic carbocycles. The van der Waals surface area contributed by atoms with E-state index in [2.05, 4.69) is 33.0 Å². The average Bonchev–Trinajstić information content (AvgIpc) is 2.63. The van der Waals surface area contributed by atoms with Crippen LogP contribution in [-0.4, -0.2) is 43.7 Å². The molecule has 3 nitrogen and oxygen atoms in total. The molecule has 1 saturated carbocycles. The highest BCUT2D eigenvalue weighted by atomic mass is 79.9. The highest BCUT2D eigenvalue weighted by Crippen LogP contribution is 2.36. The van der Waals surface area contributed by atoms with Crippen LogP contribution in [0.1, 0.15) is 57.4 Å². The number of nitrogens with zero attached hydrogens (tertiary/aromatic N) is 1. The van der Waals surface area contributed by atoms with Crippen LogP contribution in [0.15, 0.2) is 30.3 Å². The SMILES string of the molecule is CC[N+](C)(CC)CCOC(=O)C(c1ccccc1)C1CCCCC1.[Br-]. The lowest BCUT2D eigenvalue weighted by molar-refractivity contribution is -0.906. The quantitative estimate of drug-likeness (QED) is 0.477. The summed E-state index contributed by atoms with van der Waals surface area (Å²) in [6.45, 7) is 7.94. The topological polar surface area (TPSA) is 26.3 Å². The lowest BCUT2D eigenvalue weighted by atomic mass is 9.77. The summed E-state index contributed by atoms with van der Waals surface area (Å²) in [6, 6.07) is 10.2. The van der Waals surface area contributed by atoms with E-state index in [-0.39, 0.29) is 28.9 Å². The number of hydrogen-bond donors (Lipinski definition) is 0. The van der Waals surface area contributed by atoms with Gasteiger partial charge in [-0.25, -0.2) is 0 Å². The second-order valence-corrected chi connectivity index (χ2v) is 7.43. The lowest BCUT2D eigenvalue weighted by Crippen LogP contribution is -3.00. The zero-order chi connectivity index (χ0) is 17.4. The third-order valence-electron chi connectivity index (χ3n) is 5.94. The molecule has 1 fully saturated rings. The van der Waals surface area contributed by atoms with Crippen molar-refractivity contribution in [2.24, 2.45) is 5.92 Å². The molecule has 0 spiro atoms. The first kappa shape index (κ1) is 22.2. The summed E-state index contributed by atoms with van der Waals surface area (Å²) < 4.78 is 6.71. The molecule has 142 valence electrons. The summed E-state index contributed by atoms with van der Waals surface area (Å²) in [5.41, 5.74) is 1.12. The number of hydrogen-bond acceptors (Lipinski definition) is 2. The maximum absolute atomic E-state index is 12.9. The van der Waals surface area contributed by atoms with Gasteiger partial charge in [0, 0.05) is 0 Å². The van der Waals surface area contributed by atoms with Gasteiger partial charge in [0.2, 0.25) is 0 Å². The first-order valence-corrected chi connectivity index (χ1v) is 9.64. The van der Waals surface area contributed by atoms with Crippen molar-refractivity contribution in [3.8, 4) is 0 Å². The van der Waals surface area contributed by atoms with Gasteiger partial charge in [-0.2, -0.15) is 0 Å². The first-order chi connectivity index (χ1) is 11.6. The van der Waals surface area contributed by atoms with Crippen molar-refractivity contribution in [2.75, 3.05) is 33.3 Å². The van der Waals surface area contributed by atoms with Crippen LogP contribution in [-0.2, 0) is 9.53 Å². The smallest absolute Gasteiger partial charge is 0.313 e. The summed E-state index contributed by atoms with van der Waals surface area (Å²) in [4.78, 5) is 12.9. The fourth-order valence-electron chi connectivity index (χ4n) is 3.72. The zero-order valence-corrected chi connectivity index (χ0v) is 17.6. The highest BCUT2D eigenvalue weighted by Gasteiger charge is 2.32. The van der Waals surface area contributed by atoms with Crippen molar-refractivity contribution in [1.82, 2.24) is 0 Å². The largest absolute Gasteiger partial charge is 1.00 e. The van der Waals surface area contributed by atoms with E-state index < -0.39 is 0 Å². The molecule has 2 rings (SSSR count). The van der Waals surface area contributed by atoms with Gasteiger partial charge in [-0.15, -0.1) is 0 Å². The molecule has 25 heavy (non-hydrogen) atoms. The molecule has 0 saturated heterocycles. The van der Waals surface area contributed by atoms with Crippen LogP contribution >= 0.6 is 0 Å². The number of esters is 1. The third kappa shape index (κ3) is 6.41. The molecular weight excluding hydrogens is 378 g/mol. The van der Waals surface area contributed by atoms with Crippen molar-refractivity contribution < 1.29 is 31.0 Å². The van der Waals surface area contributed by atoms with Crippen molar-refractivity contribution in [3.63, 3.8) is 0 Å². The fourth-order valence-corrected chi connectivity index (χ4v) is 3.72. The summed E-state index contributed by atoms with van der Waals surface area (Å²) in [7, 11) is 2.23. The normalized spacial score (nSPS) is 16.8. The van der Waals surface area contributed by atoms with Crippen LogP contribution in [0.4, 0.5) is 0 Å². The van der Waals surface area contributed by atoms with Crippen LogP contribution in [0, 0.1) is 5.92 Å². The number of rotatable bonds is 8. The average molecular weight is 412 g/mol. The Kier molecular flexibility index (Phi) is 9.73. The second kappa shape index (κ2) is 11.0. The van der Waals surface area contributed by atoms with Crippen LogP contribution in [0.25, 0.3) is 0 Å². The van der Waals surface area contributed by atoms with Crippen LogP contribution in [0.5, 0.6) is 0 Å². The fraction of sp³-hybridized carbons (Fsp3) is 0.667. The summed E-state index contributed by atoms with van der Waals surface area (Å²) in [5, 5.41) is 0. The minimum absolute atomic E-state index is 0. The van der Waals surface area contributed by atoms with Gasteiger partial charge < -0.3 is 26.2 Å². The monoisotopic (exact) mass is 411 g/mol. The van der Waals surface area contributed by atoms with Crippen molar-refractivity contribution >= 4 is 5.97 Å². The van der Waals surface area contributed by atoms with Crippen LogP contribution < -0.4 is 17.0 Å². The Labute approximate surface area is 164 Å². The molecule has 1 aromatic rings. The standard InChI is InChI=1S/C21H34NO2.BrH/c1-4-22(3,5-2)16-17-24-21(23)20(18-12-8-6-9-13-18)19-14-10-7-11-15-19;/h6,8-9,12-13,19-20H,4-5,7,10-11,14-17H2,1-3H3;1H/q+1;/p-1. The second-order valence-electron chi connectivity index (χ2n) is 7.43. The van der Waals surface area contributed by atoms with Crippen molar-refractivity contribution in [2.45, 2.75) is 51.9 Å². The zero-order valence-electron chi connectivity index (χ0n) is 16.0. The third-order valence-corrected chi connectivity index (χ3v) is 5.94. The highest BCUT2D eigenvalue weighted by molar-refractivity contribution is 5.78. The van der Waals surface area contributed by atoms with Gasteiger partial charge in [-0.1, -0.05) is 49.6 Å². The van der Waals surface area contributed by atoms with Gasteiger partial charge in [0.25, 0.3) is 0 Å². The minimum atomic E-state index is -0.0893. The molecule has 0 bridgehead atoms. The van der Waals surface area contributed by atoms with Gasteiger partial charge >= 0.3 is 5.97 Å². The van der Waals surface area contributed by atoms with E-state index in [4.69, 9.17) is 4.74 Å². The number of benzene rings is 1. The number of carbonyl (C=O) groups is 1. The number of carbonyl (C=O) groups excluding carboxylic acids is 1. The maximum atomic E-state index is 12.9. The maximum Gasteiger partial charge on any atom is 0.313 e. The van der Waals surface area contributed by atoms with E-state index in [0.29, 0.717) is 12.5 Å². The lowest BCUT2D eigenvalue weighted by Gasteiger charge is -2.33. The molecular formula is C21H34BrNO2. The number of halogens is 1. The Morgan fingerprint density at radius 1 is 1.12 bits per heavy atom. The van der Waals surface area contributed by atoms with Crippen LogP contribution in [0.3, 0.4) is 0 Å². The van der Waals surface area contributed by atoms with Gasteiger partial charge in [0.15, 0.2) is 0 Å². The number of quaternary nitrogens is 1. The van der Waals surface area contributed by atoms with Crippen molar-refractivity contribution in [1.29, 1.82) is 0 Å². The molecule has 1 unspecified atom stereocenters. The van der Waals surface area contributed by atoms with E-state index in [1.165, 1.54) is 19.3 Å². The predicted octanol–water partition coefficient (Wildman–Crippen LogP) is 1.38. The molecule has 0 radical (unpaired) electrons. The predicted molar refractivity (Wildman–Crippen MR) is 98.9 cm³/mol. The molecule has 0 aliphatic heterocycles. The molecule has 0 N–H and O–H groups in total. The minimum Gasteiger partial charge on any atom is -1.00 e. The molecule has 1 atom stereocenters. The molecule has 0 amide bonds. The number of likely N-dealkylation sites (N-methyl/N-ethyl adjacent to an activating group) is 1. The van der Waals surface area contributed by atoms with E-state index in [1.807, 2.05) is 18.2 Å². The summed E-state index contributed by atoms with van der Waals surface area (Å²) in [5.74, 6) is 0.326. The molecule has 1 aromatic carbocycles. The Bertz CT molecular complexity index is 496. The summed E-state index contributed by atoms with van der Waals surface area (Å²) in [6.07, 6.45) is 6.07. The first-order valence-electron chi connectivity index (χ1n) is 9.64. The molecule has 1 aliphatic rings. The molecule has 4 heteroatoms. The molecule has 0 heterocycles. The Morgan fingerprint density at radius 2 is 1.72 bits per heavy atom.